The fourth-order valence-corrected chi connectivity index (χ4v) is 3.84. The molecule has 178 valence electrons. The van der Waals surface area contributed by atoms with Gasteiger partial charge in [-0.2, -0.15) is 5.26 Å². The number of hydrogen-bond donors (Lipinski definition) is 1. The number of anilines is 2. The molecule has 1 saturated heterocycles. The molecule has 1 aromatic heterocycles. The van der Waals surface area contributed by atoms with Crippen LogP contribution in [0.3, 0.4) is 0 Å². The van der Waals surface area contributed by atoms with Gasteiger partial charge in [0, 0.05) is 49.4 Å². The summed E-state index contributed by atoms with van der Waals surface area (Å²) in [5.74, 6) is -1.32. The number of amides is 2. The van der Waals surface area contributed by atoms with Crippen molar-refractivity contribution in [1.29, 1.82) is 5.26 Å². The number of nitrogens with one attached hydrogen (secondary N) is 1. The standard InChI is InChI=1S/C25H28N4O5/c1-17-13-19(18(2)28(17)11-12-33-3)14-20(15-26)25(32)34-16-23(30)27-21-6-8-22(9-7-21)29-10-4-5-24(29)31/h6-9,13-14H,4-5,10-12,16H2,1-3H3,(H,27,30). The maximum absolute atomic E-state index is 12.4. The summed E-state index contributed by atoms with van der Waals surface area (Å²) in [6, 6.07) is 10.6. The number of carbonyl (C=O) groups excluding carboxylic acids is 3. The lowest BCUT2D eigenvalue weighted by Gasteiger charge is -2.16. The number of aryl methyl sites for hydroxylation is 1. The second-order valence-corrected chi connectivity index (χ2v) is 7.96. The van der Waals surface area contributed by atoms with Gasteiger partial charge in [-0.15, -0.1) is 0 Å². The van der Waals surface area contributed by atoms with Crippen LogP contribution in [0.15, 0.2) is 35.9 Å². The normalized spacial score (nSPS) is 13.6. The molecular weight excluding hydrogens is 436 g/mol. The number of rotatable bonds is 9. The maximum Gasteiger partial charge on any atom is 0.349 e. The quantitative estimate of drug-likeness (QED) is 0.347. The molecule has 1 aliphatic heterocycles. The predicted molar refractivity (Wildman–Crippen MR) is 127 cm³/mol. The molecule has 2 heterocycles. The molecule has 2 aromatic rings. The molecule has 34 heavy (non-hydrogen) atoms. The summed E-state index contributed by atoms with van der Waals surface area (Å²) < 4.78 is 12.2. The average molecular weight is 465 g/mol. The van der Waals surface area contributed by atoms with Crippen LogP contribution < -0.4 is 10.2 Å². The van der Waals surface area contributed by atoms with E-state index in [1.54, 1.807) is 36.3 Å². The van der Waals surface area contributed by atoms with Gasteiger partial charge in [-0.05, 0) is 62.2 Å². The van der Waals surface area contributed by atoms with Gasteiger partial charge >= 0.3 is 5.97 Å². The smallest absolute Gasteiger partial charge is 0.349 e. The molecule has 3 rings (SSSR count). The summed E-state index contributed by atoms with van der Waals surface area (Å²) in [6.07, 6.45) is 2.84. The Balaban J connectivity index is 1.57. The summed E-state index contributed by atoms with van der Waals surface area (Å²) in [5, 5.41) is 12.1. The Bertz CT molecular complexity index is 1140. The van der Waals surface area contributed by atoms with Crippen molar-refractivity contribution in [2.24, 2.45) is 0 Å². The van der Waals surface area contributed by atoms with E-state index in [-0.39, 0.29) is 11.5 Å². The van der Waals surface area contributed by atoms with E-state index in [0.717, 1.165) is 29.1 Å². The van der Waals surface area contributed by atoms with Crippen molar-refractivity contribution < 1.29 is 23.9 Å². The molecule has 0 radical (unpaired) electrons. The first-order valence-corrected chi connectivity index (χ1v) is 11.0. The fraction of sp³-hybridized carbons (Fsp3) is 0.360. The third kappa shape index (κ3) is 5.91. The van der Waals surface area contributed by atoms with Gasteiger partial charge in [0.05, 0.1) is 6.61 Å². The molecule has 1 fully saturated rings. The van der Waals surface area contributed by atoms with Gasteiger partial charge in [0.1, 0.15) is 11.6 Å². The molecule has 1 aliphatic rings. The Labute approximate surface area is 198 Å². The number of aromatic nitrogens is 1. The van der Waals surface area contributed by atoms with Crippen molar-refractivity contribution in [1.82, 2.24) is 4.57 Å². The van der Waals surface area contributed by atoms with Gasteiger partial charge in [-0.1, -0.05) is 0 Å². The molecule has 9 heteroatoms. The summed E-state index contributed by atoms with van der Waals surface area (Å²) in [4.78, 5) is 38.1. The Morgan fingerprint density at radius 3 is 2.59 bits per heavy atom. The van der Waals surface area contributed by atoms with Crippen molar-refractivity contribution in [2.75, 3.05) is 37.1 Å². The fourth-order valence-electron chi connectivity index (χ4n) is 3.84. The van der Waals surface area contributed by atoms with Crippen LogP contribution in [0.5, 0.6) is 0 Å². The molecule has 2 amide bonds. The van der Waals surface area contributed by atoms with Crippen molar-refractivity contribution >= 4 is 35.2 Å². The molecular formula is C25H28N4O5. The van der Waals surface area contributed by atoms with E-state index < -0.39 is 18.5 Å². The Kier molecular flexibility index (Phi) is 8.22. The summed E-state index contributed by atoms with van der Waals surface area (Å²) in [7, 11) is 1.63. The van der Waals surface area contributed by atoms with E-state index in [9.17, 15) is 19.6 Å². The van der Waals surface area contributed by atoms with Crippen LogP contribution >= 0.6 is 0 Å². The van der Waals surface area contributed by atoms with Crippen molar-refractivity contribution in [3.8, 4) is 6.07 Å². The van der Waals surface area contributed by atoms with Crippen LogP contribution in [0.4, 0.5) is 11.4 Å². The number of esters is 1. The van der Waals surface area contributed by atoms with Gasteiger partial charge < -0.3 is 24.3 Å². The molecule has 0 saturated carbocycles. The highest BCUT2D eigenvalue weighted by Crippen LogP contribution is 2.23. The monoisotopic (exact) mass is 464 g/mol. The largest absolute Gasteiger partial charge is 0.451 e. The minimum Gasteiger partial charge on any atom is -0.451 e. The van der Waals surface area contributed by atoms with Crippen molar-refractivity contribution in [2.45, 2.75) is 33.2 Å². The van der Waals surface area contributed by atoms with Crippen LogP contribution in [0.25, 0.3) is 6.08 Å². The van der Waals surface area contributed by atoms with Gasteiger partial charge in [-0.25, -0.2) is 4.79 Å². The third-order valence-corrected chi connectivity index (χ3v) is 5.64. The number of methoxy groups -OCH3 is 1. The summed E-state index contributed by atoms with van der Waals surface area (Å²) in [5.41, 5.74) is 3.69. The highest BCUT2D eigenvalue weighted by atomic mass is 16.5. The minimum absolute atomic E-state index is 0.0851. The van der Waals surface area contributed by atoms with Crippen LogP contribution in [0.2, 0.25) is 0 Å². The number of carbonyl (C=O) groups is 3. The maximum atomic E-state index is 12.4. The van der Waals surface area contributed by atoms with Crippen molar-refractivity contribution in [3.05, 3.63) is 52.9 Å². The Morgan fingerprint density at radius 2 is 1.97 bits per heavy atom. The Morgan fingerprint density at radius 1 is 1.24 bits per heavy atom. The van der Waals surface area contributed by atoms with Gasteiger partial charge in [0.2, 0.25) is 5.91 Å². The molecule has 0 bridgehead atoms. The zero-order chi connectivity index (χ0) is 24.7. The van der Waals surface area contributed by atoms with E-state index in [4.69, 9.17) is 9.47 Å². The van der Waals surface area contributed by atoms with Gasteiger partial charge in [0.15, 0.2) is 6.61 Å². The second kappa shape index (κ2) is 11.3. The second-order valence-electron chi connectivity index (χ2n) is 7.96. The zero-order valence-corrected chi connectivity index (χ0v) is 19.6. The van der Waals surface area contributed by atoms with Crippen LogP contribution in [0, 0.1) is 25.2 Å². The minimum atomic E-state index is -0.873. The number of hydrogen-bond acceptors (Lipinski definition) is 6. The first kappa shape index (κ1) is 24.7. The van der Waals surface area contributed by atoms with E-state index >= 15 is 0 Å². The first-order valence-electron chi connectivity index (χ1n) is 11.0. The SMILES string of the molecule is COCCn1c(C)cc(C=C(C#N)C(=O)OCC(=O)Nc2ccc(N3CCCC3=O)cc2)c1C. The van der Waals surface area contributed by atoms with E-state index in [1.165, 1.54) is 6.08 Å². The Hall–Kier alpha value is -3.90. The van der Waals surface area contributed by atoms with Crippen LogP contribution in [0.1, 0.15) is 29.8 Å². The number of ether oxygens (including phenoxy) is 2. The highest BCUT2D eigenvalue weighted by molar-refractivity contribution is 6.00. The molecule has 0 aliphatic carbocycles. The lowest BCUT2D eigenvalue weighted by Crippen LogP contribution is -2.24. The lowest BCUT2D eigenvalue weighted by atomic mass is 10.1. The zero-order valence-electron chi connectivity index (χ0n) is 19.6. The molecule has 0 atom stereocenters. The lowest BCUT2D eigenvalue weighted by molar-refractivity contribution is -0.142. The predicted octanol–water partition coefficient (Wildman–Crippen LogP) is 2.97. The van der Waals surface area contributed by atoms with E-state index in [0.29, 0.717) is 31.8 Å². The van der Waals surface area contributed by atoms with E-state index in [2.05, 4.69) is 5.32 Å². The van der Waals surface area contributed by atoms with Crippen molar-refractivity contribution in [3.63, 3.8) is 0 Å². The highest BCUT2D eigenvalue weighted by Gasteiger charge is 2.21. The van der Waals surface area contributed by atoms with E-state index in [1.807, 2.05) is 30.6 Å². The van der Waals surface area contributed by atoms with Crippen LogP contribution in [-0.4, -0.2) is 49.2 Å². The molecule has 1 aromatic carbocycles. The first-order chi connectivity index (χ1) is 16.3. The third-order valence-electron chi connectivity index (χ3n) is 5.64. The van der Waals surface area contributed by atoms with Gasteiger partial charge in [0.25, 0.3) is 5.91 Å². The topological polar surface area (TPSA) is 114 Å². The average Bonchev–Trinajstić information content (AvgIpc) is 3.37. The number of benzene rings is 1. The van der Waals surface area contributed by atoms with Crippen LogP contribution in [-0.2, 0) is 30.4 Å². The number of nitrogens with zero attached hydrogens (tertiary/aromatic N) is 3. The number of nitriles is 1. The molecule has 9 nitrogen and oxygen atoms in total. The summed E-state index contributed by atoms with van der Waals surface area (Å²) in [6.45, 7) is 5.19. The molecule has 1 N–H and O–H groups in total. The summed E-state index contributed by atoms with van der Waals surface area (Å²) >= 11 is 0. The molecule has 0 unspecified atom stereocenters. The molecule has 0 spiro atoms. The van der Waals surface area contributed by atoms with Gasteiger partial charge in [-0.3, -0.25) is 9.59 Å².